The minimum atomic E-state index is -0.388. The fourth-order valence-corrected chi connectivity index (χ4v) is 3.77. The Kier molecular flexibility index (Phi) is 26.0. The monoisotopic (exact) mass is 543 g/mol. The van der Waals surface area contributed by atoms with Crippen molar-refractivity contribution in [3.8, 4) is 0 Å². The van der Waals surface area contributed by atoms with Gasteiger partial charge in [-0.05, 0) is 79.1 Å². The molecule has 1 rings (SSSR count). The number of rotatable bonds is 17. The highest BCUT2D eigenvalue weighted by atomic mass is 16.2. The molecule has 1 saturated carbocycles. The quantitative estimate of drug-likeness (QED) is 0.0927. The first-order valence-electron chi connectivity index (χ1n) is 13.7. The van der Waals surface area contributed by atoms with Gasteiger partial charge in [0, 0.05) is 5.92 Å². The van der Waals surface area contributed by atoms with Gasteiger partial charge in [0.15, 0.2) is 0 Å². The predicted octanol–water partition coefficient (Wildman–Crippen LogP) is -0.522. The van der Waals surface area contributed by atoms with Gasteiger partial charge >= 0.3 is 0 Å². The van der Waals surface area contributed by atoms with Crippen LogP contribution in [0.4, 0.5) is 0 Å². The van der Waals surface area contributed by atoms with Gasteiger partial charge < -0.3 is 48.1 Å². The van der Waals surface area contributed by atoms with E-state index in [1.807, 2.05) is 0 Å². The summed E-state index contributed by atoms with van der Waals surface area (Å²) in [6, 6.07) is -0.904. The van der Waals surface area contributed by atoms with Gasteiger partial charge in [-0.1, -0.05) is 25.7 Å². The van der Waals surface area contributed by atoms with E-state index in [2.05, 4.69) is 21.3 Å². The molecule has 0 heterocycles. The van der Waals surface area contributed by atoms with Crippen LogP contribution in [0.25, 0.3) is 0 Å². The number of carbonyl (C=O) groups excluding carboxylic acids is 5. The summed E-state index contributed by atoms with van der Waals surface area (Å²) < 4.78 is 0. The third-order valence-corrected chi connectivity index (χ3v) is 6.01. The topological polar surface area (TPSA) is 212 Å². The number of unbranched alkanes of at least 4 members (excludes halogenated alkanes) is 2. The Bertz CT molecular complexity index is 645. The Morgan fingerprint density at radius 2 is 1.45 bits per heavy atom. The number of hydrogen-bond acceptors (Lipinski definition) is 9. The summed E-state index contributed by atoms with van der Waals surface area (Å²) in [5, 5.41) is 10.8. The normalized spacial score (nSPS) is 15.3. The minimum absolute atomic E-state index is 0.0644. The van der Waals surface area contributed by atoms with Crippen molar-refractivity contribution in [2.75, 3.05) is 33.7 Å². The Morgan fingerprint density at radius 3 is 1.89 bits per heavy atom. The van der Waals surface area contributed by atoms with E-state index in [0.29, 0.717) is 25.8 Å². The maximum atomic E-state index is 11.9. The van der Waals surface area contributed by atoms with Crippen molar-refractivity contribution >= 4 is 30.3 Å². The first-order valence-corrected chi connectivity index (χ1v) is 13.7. The fraction of sp³-hybridized carbons (Fsp3) is 0.808. The maximum absolute atomic E-state index is 11.9. The van der Waals surface area contributed by atoms with E-state index in [0.717, 1.165) is 64.1 Å². The van der Waals surface area contributed by atoms with Crippen LogP contribution in [0.2, 0.25) is 0 Å². The molecule has 3 amide bonds. The summed E-state index contributed by atoms with van der Waals surface area (Å²) in [5.74, 6) is -0.262. The Hall–Kier alpha value is -2.41. The zero-order chi connectivity index (χ0) is 29.2. The Labute approximate surface area is 228 Å². The molecule has 0 aromatic rings. The summed E-state index contributed by atoms with van der Waals surface area (Å²) in [6.45, 7) is 3.19. The molecule has 1 aliphatic carbocycles. The number of likely N-dealkylation sites (N-methyl/N-ethyl adjacent to an activating group) is 2. The van der Waals surface area contributed by atoms with E-state index in [9.17, 15) is 24.0 Å². The zero-order valence-electron chi connectivity index (χ0n) is 23.6. The highest BCUT2D eigenvalue weighted by Gasteiger charge is 2.22. The summed E-state index contributed by atoms with van der Waals surface area (Å²) in [5.41, 5.74) is 15.8. The van der Waals surface area contributed by atoms with E-state index < -0.39 is 0 Å². The lowest BCUT2D eigenvalue weighted by Gasteiger charge is -2.22. The number of amides is 3. The van der Waals surface area contributed by atoms with Crippen molar-refractivity contribution in [3.05, 3.63) is 0 Å². The standard InChI is InChI=1S/C13H24N2O2.C7H17N3O.C6H12N2O2/c14-9-5-4-8-12(10-16)15-13(17)11-6-2-1-3-7-11;1-10-6(7(9)11)4-2-3-5-8;1-5(4-9)8-6(10)3-7-2/h10-12H,1-9,14H2,(H,15,17);6,10H,2-5,8H2,1H3,(H2,9,11);4-5,7H,3H2,1-2H3,(H,8,10). The first kappa shape index (κ1) is 37.7. The minimum Gasteiger partial charge on any atom is -0.368 e. The van der Waals surface area contributed by atoms with Crippen LogP contribution >= 0.6 is 0 Å². The third-order valence-electron chi connectivity index (χ3n) is 6.01. The van der Waals surface area contributed by atoms with Gasteiger partial charge in [-0.15, -0.1) is 0 Å². The SMILES string of the molecule is CNC(CCCCN)C(N)=O.CNCC(=O)NC(C)C=O.NCCCCC(C=O)NC(=O)C1CCCCC1. The van der Waals surface area contributed by atoms with Crippen LogP contribution in [-0.2, 0) is 24.0 Å². The lowest BCUT2D eigenvalue weighted by molar-refractivity contribution is -0.128. The summed E-state index contributed by atoms with van der Waals surface area (Å²) in [7, 11) is 3.41. The molecule has 3 unspecified atom stereocenters. The van der Waals surface area contributed by atoms with Crippen LogP contribution in [-0.4, -0.2) is 82.1 Å². The van der Waals surface area contributed by atoms with Crippen LogP contribution < -0.4 is 38.5 Å². The molecule has 0 radical (unpaired) electrons. The van der Waals surface area contributed by atoms with Gasteiger partial charge in [0.1, 0.15) is 12.6 Å². The number of hydrogen-bond donors (Lipinski definition) is 7. The zero-order valence-corrected chi connectivity index (χ0v) is 23.6. The van der Waals surface area contributed by atoms with E-state index in [1.54, 1.807) is 21.0 Å². The van der Waals surface area contributed by atoms with Gasteiger partial charge in [0.25, 0.3) is 0 Å². The summed E-state index contributed by atoms with van der Waals surface area (Å²) >= 11 is 0. The Morgan fingerprint density at radius 1 is 0.868 bits per heavy atom. The molecule has 1 aliphatic rings. The molecule has 0 aromatic heterocycles. The lowest BCUT2D eigenvalue weighted by atomic mass is 9.88. The largest absolute Gasteiger partial charge is 0.368 e. The van der Waals surface area contributed by atoms with E-state index in [4.69, 9.17) is 17.2 Å². The average Bonchev–Trinajstić information content (AvgIpc) is 2.91. The molecule has 0 spiro atoms. The van der Waals surface area contributed by atoms with Crippen LogP contribution in [0.1, 0.15) is 77.6 Å². The predicted molar refractivity (Wildman–Crippen MR) is 150 cm³/mol. The van der Waals surface area contributed by atoms with Crippen molar-refractivity contribution in [1.29, 1.82) is 0 Å². The number of primary amides is 1. The maximum Gasteiger partial charge on any atom is 0.234 e. The molecular formula is C26H53N7O5. The molecule has 12 nitrogen and oxygen atoms in total. The molecule has 222 valence electrons. The fourth-order valence-electron chi connectivity index (χ4n) is 3.77. The highest BCUT2D eigenvalue weighted by Crippen LogP contribution is 2.23. The second-order valence-electron chi connectivity index (χ2n) is 9.42. The molecule has 3 atom stereocenters. The number of aldehydes is 2. The van der Waals surface area contributed by atoms with Crippen LogP contribution in [0, 0.1) is 5.92 Å². The molecule has 38 heavy (non-hydrogen) atoms. The summed E-state index contributed by atoms with van der Waals surface area (Å²) in [4.78, 5) is 54.1. The molecule has 1 fully saturated rings. The number of nitrogens with two attached hydrogens (primary N) is 3. The van der Waals surface area contributed by atoms with E-state index in [-0.39, 0.29) is 48.3 Å². The molecule has 0 bridgehead atoms. The molecular weight excluding hydrogens is 490 g/mol. The number of carbonyl (C=O) groups is 5. The van der Waals surface area contributed by atoms with E-state index >= 15 is 0 Å². The van der Waals surface area contributed by atoms with Crippen molar-refractivity contribution in [2.24, 2.45) is 23.1 Å². The lowest BCUT2D eigenvalue weighted by Crippen LogP contribution is -2.40. The second-order valence-corrected chi connectivity index (χ2v) is 9.42. The molecule has 0 aromatic carbocycles. The van der Waals surface area contributed by atoms with E-state index in [1.165, 1.54) is 6.42 Å². The van der Waals surface area contributed by atoms with Crippen LogP contribution in [0.15, 0.2) is 0 Å². The summed E-state index contributed by atoms with van der Waals surface area (Å²) in [6.07, 6.45) is 12.2. The van der Waals surface area contributed by atoms with Crippen molar-refractivity contribution in [3.63, 3.8) is 0 Å². The first-order chi connectivity index (χ1) is 18.2. The smallest absolute Gasteiger partial charge is 0.234 e. The molecule has 0 aliphatic heterocycles. The molecule has 10 N–H and O–H groups in total. The highest BCUT2D eigenvalue weighted by molar-refractivity contribution is 5.82. The number of nitrogens with one attached hydrogen (secondary N) is 4. The Balaban J connectivity index is 0. The average molecular weight is 544 g/mol. The van der Waals surface area contributed by atoms with Crippen molar-refractivity contribution < 1.29 is 24.0 Å². The third kappa shape index (κ3) is 21.7. The molecule has 0 saturated heterocycles. The van der Waals surface area contributed by atoms with Gasteiger partial charge in [-0.2, -0.15) is 0 Å². The van der Waals surface area contributed by atoms with Gasteiger partial charge in [0.05, 0.1) is 24.7 Å². The van der Waals surface area contributed by atoms with Gasteiger partial charge in [-0.3, -0.25) is 14.4 Å². The molecule has 12 heteroatoms. The van der Waals surface area contributed by atoms with Crippen LogP contribution in [0.3, 0.4) is 0 Å². The second kappa shape index (κ2) is 26.2. The van der Waals surface area contributed by atoms with Crippen LogP contribution in [0.5, 0.6) is 0 Å². The van der Waals surface area contributed by atoms with Gasteiger partial charge in [-0.25, -0.2) is 0 Å². The van der Waals surface area contributed by atoms with Crippen molar-refractivity contribution in [1.82, 2.24) is 21.3 Å². The van der Waals surface area contributed by atoms with Gasteiger partial charge in [0.2, 0.25) is 17.7 Å². The van der Waals surface area contributed by atoms with Crippen molar-refractivity contribution in [2.45, 2.75) is 95.7 Å².